The number of rotatable bonds is 5. The van der Waals surface area contributed by atoms with E-state index in [4.69, 9.17) is 9.52 Å². The first-order valence-electron chi connectivity index (χ1n) is 5.93. The summed E-state index contributed by atoms with van der Waals surface area (Å²) in [5, 5.41) is 28.6. The van der Waals surface area contributed by atoms with Crippen molar-refractivity contribution in [1.82, 2.24) is 5.32 Å². The van der Waals surface area contributed by atoms with Crippen LogP contribution in [-0.2, 0) is 9.59 Å². The summed E-state index contributed by atoms with van der Waals surface area (Å²) in [6.07, 6.45) is -0.317. The lowest BCUT2D eigenvalue weighted by atomic mass is 10.3. The van der Waals surface area contributed by atoms with Crippen LogP contribution in [-0.4, -0.2) is 38.0 Å². The number of hydrogen-bond donors (Lipinski definition) is 2. The fourth-order valence-corrected chi connectivity index (χ4v) is 2.44. The minimum atomic E-state index is -1.09. The smallest absolute Gasteiger partial charge is 0.433 e. The summed E-state index contributed by atoms with van der Waals surface area (Å²) >= 11 is 0.957. The number of carboxylic acids is 1. The molecule has 2 rings (SSSR count). The van der Waals surface area contributed by atoms with Crippen LogP contribution in [0.1, 0.15) is 19.1 Å². The molecule has 1 aliphatic heterocycles. The van der Waals surface area contributed by atoms with Crippen molar-refractivity contribution in [3.05, 3.63) is 28.0 Å². The number of furan rings is 1. The van der Waals surface area contributed by atoms with Gasteiger partial charge in [0.2, 0.25) is 5.91 Å². The predicted octanol–water partition coefficient (Wildman–Crippen LogP) is 0.974. The first-order valence-corrected chi connectivity index (χ1v) is 6.81. The average molecular weight is 326 g/mol. The Morgan fingerprint density at radius 2 is 2.32 bits per heavy atom. The second-order valence-electron chi connectivity index (χ2n) is 4.18. The first-order chi connectivity index (χ1) is 10.4. The minimum absolute atomic E-state index is 0.164. The van der Waals surface area contributed by atoms with Crippen molar-refractivity contribution >= 4 is 40.4 Å². The normalized spacial score (nSPS) is 20.2. The molecule has 1 aromatic rings. The van der Waals surface area contributed by atoms with Gasteiger partial charge in [-0.3, -0.25) is 19.7 Å². The summed E-state index contributed by atoms with van der Waals surface area (Å²) < 4.78 is 4.95. The highest BCUT2D eigenvalue weighted by Gasteiger charge is 2.32. The number of thioether (sulfide) groups is 1. The first kappa shape index (κ1) is 15.7. The van der Waals surface area contributed by atoms with E-state index >= 15 is 0 Å². The van der Waals surface area contributed by atoms with Gasteiger partial charge in [-0.1, -0.05) is 11.8 Å². The molecule has 22 heavy (non-hydrogen) atoms. The van der Waals surface area contributed by atoms with Crippen molar-refractivity contribution < 1.29 is 24.0 Å². The predicted molar refractivity (Wildman–Crippen MR) is 76.8 cm³/mol. The molecular formula is C11H10N4O6S. The van der Waals surface area contributed by atoms with Crippen LogP contribution < -0.4 is 5.32 Å². The Morgan fingerprint density at radius 3 is 2.91 bits per heavy atom. The van der Waals surface area contributed by atoms with Crippen LogP contribution in [0.3, 0.4) is 0 Å². The topological polar surface area (TPSA) is 147 Å². The van der Waals surface area contributed by atoms with Gasteiger partial charge in [0.25, 0.3) is 0 Å². The van der Waals surface area contributed by atoms with E-state index in [1.165, 1.54) is 19.1 Å². The fraction of sp³-hybridized carbons (Fsp3) is 0.273. The van der Waals surface area contributed by atoms with Crippen LogP contribution in [0.15, 0.2) is 26.8 Å². The molecular weight excluding hydrogens is 316 g/mol. The van der Waals surface area contributed by atoms with Crippen LogP contribution in [0.5, 0.6) is 0 Å². The molecule has 0 unspecified atom stereocenters. The second kappa shape index (κ2) is 6.39. The maximum Gasteiger partial charge on any atom is 0.433 e. The van der Waals surface area contributed by atoms with E-state index in [1.807, 2.05) is 0 Å². The number of nitrogens with zero attached hydrogens (tertiary/aromatic N) is 3. The molecule has 1 fully saturated rings. The quantitative estimate of drug-likeness (QED) is 0.465. The Morgan fingerprint density at radius 1 is 1.59 bits per heavy atom. The summed E-state index contributed by atoms with van der Waals surface area (Å²) in [6.45, 7) is 1.53. The van der Waals surface area contributed by atoms with Gasteiger partial charge >= 0.3 is 11.9 Å². The van der Waals surface area contributed by atoms with Gasteiger partial charge in [-0.05, 0) is 13.0 Å². The van der Waals surface area contributed by atoms with Crippen molar-refractivity contribution in [2.75, 3.05) is 0 Å². The lowest BCUT2D eigenvalue weighted by Crippen LogP contribution is -2.26. The van der Waals surface area contributed by atoms with Crippen molar-refractivity contribution in [3.63, 3.8) is 0 Å². The lowest BCUT2D eigenvalue weighted by molar-refractivity contribution is -0.402. The van der Waals surface area contributed by atoms with Gasteiger partial charge in [0.1, 0.15) is 15.9 Å². The summed E-state index contributed by atoms with van der Waals surface area (Å²) in [7, 11) is 0. The van der Waals surface area contributed by atoms with Gasteiger partial charge in [-0.2, -0.15) is 0 Å². The third-order valence-corrected chi connectivity index (χ3v) is 3.63. The highest BCUT2D eigenvalue weighted by Crippen LogP contribution is 2.22. The Kier molecular flexibility index (Phi) is 4.56. The third-order valence-electron chi connectivity index (χ3n) is 2.56. The molecule has 2 N–H and O–H groups in total. The zero-order valence-corrected chi connectivity index (χ0v) is 12.0. The monoisotopic (exact) mass is 326 g/mol. The molecule has 0 aromatic carbocycles. The molecule has 0 saturated carbocycles. The minimum Gasteiger partial charge on any atom is -0.481 e. The van der Waals surface area contributed by atoms with Gasteiger partial charge < -0.3 is 14.8 Å². The highest BCUT2D eigenvalue weighted by molar-refractivity contribution is 8.15. The zero-order chi connectivity index (χ0) is 16.3. The molecule has 0 spiro atoms. The van der Waals surface area contributed by atoms with E-state index in [0.717, 1.165) is 11.8 Å². The standard InChI is InChI=1S/C11H10N4O6S/c1-5(6-2-3-8(21-6)15(19)20)13-14-11-12-10(18)7(22-11)4-9(16)17/h2-3,7H,4H2,1H3,(H,16,17)(H,12,14,18)/t7-/m1/s1. The maximum absolute atomic E-state index is 11.5. The van der Waals surface area contributed by atoms with E-state index in [2.05, 4.69) is 15.5 Å². The molecule has 11 heteroatoms. The van der Waals surface area contributed by atoms with Gasteiger partial charge in [0.05, 0.1) is 12.5 Å². The van der Waals surface area contributed by atoms with E-state index in [0.29, 0.717) is 0 Å². The molecule has 2 heterocycles. The second-order valence-corrected chi connectivity index (χ2v) is 5.37. The Bertz CT molecular complexity index is 695. The lowest BCUT2D eigenvalue weighted by Gasteiger charge is -1.97. The highest BCUT2D eigenvalue weighted by atomic mass is 32.2. The van der Waals surface area contributed by atoms with Gasteiger partial charge in [-0.15, -0.1) is 10.2 Å². The molecule has 0 radical (unpaired) electrons. The number of carbonyl (C=O) groups excluding carboxylic acids is 1. The summed E-state index contributed by atoms with van der Waals surface area (Å²) in [6, 6.07) is 2.57. The van der Waals surface area contributed by atoms with Gasteiger partial charge in [-0.25, -0.2) is 0 Å². The number of nitro groups is 1. The summed E-state index contributed by atoms with van der Waals surface area (Å²) in [4.78, 5) is 31.9. The molecule has 0 aliphatic carbocycles. The van der Waals surface area contributed by atoms with Crippen LogP contribution >= 0.6 is 11.8 Å². The molecule has 1 aliphatic rings. The molecule has 1 aromatic heterocycles. The van der Waals surface area contributed by atoms with E-state index in [1.54, 1.807) is 0 Å². The molecule has 1 saturated heterocycles. The fourth-order valence-electron chi connectivity index (χ4n) is 1.54. The number of aliphatic carboxylic acids is 1. The van der Waals surface area contributed by atoms with Crippen molar-refractivity contribution in [2.24, 2.45) is 10.2 Å². The van der Waals surface area contributed by atoms with E-state index in [9.17, 15) is 19.7 Å². The van der Waals surface area contributed by atoms with Crippen molar-refractivity contribution in [1.29, 1.82) is 0 Å². The molecule has 1 atom stereocenters. The Hall–Kier alpha value is -2.69. The van der Waals surface area contributed by atoms with E-state index < -0.39 is 27.9 Å². The van der Waals surface area contributed by atoms with Crippen molar-refractivity contribution in [2.45, 2.75) is 18.6 Å². The largest absolute Gasteiger partial charge is 0.481 e. The summed E-state index contributed by atoms with van der Waals surface area (Å²) in [5.74, 6) is -1.78. The van der Waals surface area contributed by atoms with Crippen molar-refractivity contribution in [3.8, 4) is 0 Å². The molecule has 1 amide bonds. The average Bonchev–Trinajstić information content (AvgIpc) is 3.03. The van der Waals surface area contributed by atoms with Gasteiger partial charge in [0.15, 0.2) is 10.9 Å². The number of carbonyl (C=O) groups is 2. The van der Waals surface area contributed by atoms with Crippen LogP contribution in [0, 0.1) is 10.1 Å². The maximum atomic E-state index is 11.5. The summed E-state index contributed by atoms with van der Waals surface area (Å²) in [5.41, 5.74) is 0.275. The number of hydrogen-bond acceptors (Lipinski definition) is 8. The number of carboxylic acid groups (broad SMARTS) is 1. The van der Waals surface area contributed by atoms with E-state index in [-0.39, 0.29) is 23.1 Å². The van der Waals surface area contributed by atoms with Gasteiger partial charge in [0, 0.05) is 0 Å². The van der Waals surface area contributed by atoms with Crippen LogP contribution in [0.25, 0.3) is 0 Å². The number of amides is 1. The molecule has 0 bridgehead atoms. The molecule has 116 valence electrons. The van der Waals surface area contributed by atoms with Crippen LogP contribution in [0.2, 0.25) is 0 Å². The Balaban J connectivity index is 2.08. The third kappa shape index (κ3) is 3.69. The SMILES string of the molecule is CC(=NN=C1NC(=O)[C@@H](CC(=O)O)S1)c1ccc([N+](=O)[O-])o1. The number of amidine groups is 1. The molecule has 10 nitrogen and oxygen atoms in total. The van der Waals surface area contributed by atoms with Crippen LogP contribution in [0.4, 0.5) is 5.88 Å². The Labute approximate surface area is 127 Å². The number of nitrogens with one attached hydrogen (secondary N) is 1. The zero-order valence-electron chi connectivity index (χ0n) is 11.2.